The summed E-state index contributed by atoms with van der Waals surface area (Å²) < 4.78 is 0. The smallest absolute Gasteiger partial charge is 0.134 e. The Balaban J connectivity index is 2.11. The average Bonchev–Trinajstić information content (AvgIpc) is 2.67. The summed E-state index contributed by atoms with van der Waals surface area (Å²) in [4.78, 5) is 2.43. The SMILES string of the molecule is C/C=C\C(N1CCCCC1)C(O)(c1ccccc1)c1ccccc1. The Bertz CT molecular complexity index is 605. The summed E-state index contributed by atoms with van der Waals surface area (Å²) in [5.41, 5.74) is 0.849. The molecule has 2 aromatic rings. The zero-order chi connectivity index (χ0) is 16.8. The lowest BCUT2D eigenvalue weighted by molar-refractivity contribution is -0.00639. The van der Waals surface area contributed by atoms with E-state index in [-0.39, 0.29) is 6.04 Å². The summed E-state index contributed by atoms with van der Waals surface area (Å²) in [5, 5.41) is 12.0. The highest BCUT2D eigenvalue weighted by Crippen LogP contribution is 2.37. The molecule has 1 fully saturated rings. The third-order valence-electron chi connectivity index (χ3n) is 5.01. The van der Waals surface area contributed by atoms with Crippen LogP contribution in [-0.4, -0.2) is 29.1 Å². The quantitative estimate of drug-likeness (QED) is 0.828. The highest BCUT2D eigenvalue weighted by atomic mass is 16.3. The highest BCUT2D eigenvalue weighted by molar-refractivity contribution is 5.40. The van der Waals surface area contributed by atoms with Crippen LogP contribution in [0.15, 0.2) is 72.8 Å². The van der Waals surface area contributed by atoms with Gasteiger partial charge in [-0.3, -0.25) is 4.90 Å². The van der Waals surface area contributed by atoms with E-state index < -0.39 is 5.60 Å². The summed E-state index contributed by atoms with van der Waals surface area (Å²) in [6.45, 7) is 4.11. The molecule has 126 valence electrons. The molecule has 0 aromatic heterocycles. The van der Waals surface area contributed by atoms with Crippen molar-refractivity contribution in [2.24, 2.45) is 0 Å². The second-order valence-electron chi connectivity index (χ2n) is 6.57. The maximum Gasteiger partial charge on any atom is 0.134 e. The second kappa shape index (κ2) is 7.78. The van der Waals surface area contributed by atoms with Crippen molar-refractivity contribution in [2.45, 2.75) is 37.8 Å². The molecule has 1 aliphatic heterocycles. The molecule has 3 rings (SSSR count). The Morgan fingerprint density at radius 2 is 1.38 bits per heavy atom. The van der Waals surface area contributed by atoms with E-state index in [1.165, 1.54) is 19.3 Å². The molecule has 1 heterocycles. The summed E-state index contributed by atoms with van der Waals surface area (Å²) >= 11 is 0. The predicted molar refractivity (Wildman–Crippen MR) is 99.9 cm³/mol. The maximum absolute atomic E-state index is 12.0. The maximum atomic E-state index is 12.0. The Morgan fingerprint density at radius 3 is 1.83 bits per heavy atom. The largest absolute Gasteiger partial charge is 0.378 e. The van der Waals surface area contributed by atoms with Gasteiger partial charge in [0.1, 0.15) is 5.60 Å². The second-order valence-corrected chi connectivity index (χ2v) is 6.57. The highest BCUT2D eigenvalue weighted by Gasteiger charge is 2.42. The molecule has 0 aliphatic carbocycles. The molecule has 1 unspecified atom stereocenters. The molecule has 0 radical (unpaired) electrons. The van der Waals surface area contributed by atoms with Crippen molar-refractivity contribution in [1.29, 1.82) is 0 Å². The topological polar surface area (TPSA) is 23.5 Å². The number of aliphatic hydroxyl groups is 1. The van der Waals surface area contributed by atoms with Gasteiger partial charge in [-0.05, 0) is 44.0 Å². The van der Waals surface area contributed by atoms with Gasteiger partial charge in [0.2, 0.25) is 0 Å². The van der Waals surface area contributed by atoms with Crippen LogP contribution in [-0.2, 0) is 5.60 Å². The molecule has 0 saturated carbocycles. The van der Waals surface area contributed by atoms with Crippen LogP contribution in [0.4, 0.5) is 0 Å². The molecule has 0 amide bonds. The Hall–Kier alpha value is -1.90. The van der Waals surface area contributed by atoms with Gasteiger partial charge in [0, 0.05) is 0 Å². The first-order chi connectivity index (χ1) is 11.8. The summed E-state index contributed by atoms with van der Waals surface area (Å²) in [7, 11) is 0. The molecule has 24 heavy (non-hydrogen) atoms. The van der Waals surface area contributed by atoms with Gasteiger partial charge in [-0.15, -0.1) is 0 Å². The molecule has 0 bridgehead atoms. The van der Waals surface area contributed by atoms with Gasteiger partial charge < -0.3 is 5.11 Å². The number of benzene rings is 2. The fraction of sp³-hybridized carbons (Fsp3) is 0.364. The van der Waals surface area contributed by atoms with E-state index in [1.807, 2.05) is 67.6 Å². The van der Waals surface area contributed by atoms with Crippen LogP contribution in [0.25, 0.3) is 0 Å². The van der Waals surface area contributed by atoms with E-state index >= 15 is 0 Å². The number of piperidine rings is 1. The van der Waals surface area contributed by atoms with E-state index in [4.69, 9.17) is 0 Å². The van der Waals surface area contributed by atoms with Crippen LogP contribution in [0.3, 0.4) is 0 Å². The van der Waals surface area contributed by atoms with Gasteiger partial charge in [-0.1, -0.05) is 79.2 Å². The third kappa shape index (κ3) is 3.31. The summed E-state index contributed by atoms with van der Waals surface area (Å²) in [6, 6.07) is 20.1. The lowest BCUT2D eigenvalue weighted by Crippen LogP contribution is -2.52. The molecule has 2 aromatic carbocycles. The van der Waals surface area contributed by atoms with Crippen molar-refractivity contribution in [3.05, 3.63) is 83.9 Å². The molecule has 0 spiro atoms. The minimum atomic E-state index is -1.05. The first-order valence-corrected chi connectivity index (χ1v) is 8.97. The van der Waals surface area contributed by atoms with Crippen LogP contribution < -0.4 is 0 Å². The number of nitrogens with zero attached hydrogens (tertiary/aromatic N) is 1. The summed E-state index contributed by atoms with van der Waals surface area (Å²) in [5.74, 6) is 0. The van der Waals surface area contributed by atoms with Crippen molar-refractivity contribution in [2.75, 3.05) is 13.1 Å². The molecular weight excluding hydrogens is 294 g/mol. The molecule has 1 atom stereocenters. The van der Waals surface area contributed by atoms with E-state index in [0.717, 1.165) is 24.2 Å². The lowest BCUT2D eigenvalue weighted by Gasteiger charge is -2.43. The van der Waals surface area contributed by atoms with Gasteiger partial charge in [-0.2, -0.15) is 0 Å². The lowest BCUT2D eigenvalue weighted by atomic mass is 9.78. The number of hydrogen-bond donors (Lipinski definition) is 1. The minimum absolute atomic E-state index is 0.0624. The molecule has 2 heteroatoms. The van der Waals surface area contributed by atoms with E-state index in [2.05, 4.69) is 17.1 Å². The zero-order valence-corrected chi connectivity index (χ0v) is 14.4. The number of allylic oxidation sites excluding steroid dienone is 1. The fourth-order valence-electron chi connectivity index (χ4n) is 3.80. The monoisotopic (exact) mass is 321 g/mol. The van der Waals surface area contributed by atoms with Gasteiger partial charge in [0.05, 0.1) is 6.04 Å². The molecule has 1 saturated heterocycles. The van der Waals surface area contributed by atoms with Crippen LogP contribution >= 0.6 is 0 Å². The predicted octanol–water partition coefficient (Wildman–Crippen LogP) is 4.35. The van der Waals surface area contributed by atoms with Crippen molar-refractivity contribution >= 4 is 0 Å². The van der Waals surface area contributed by atoms with Crippen molar-refractivity contribution < 1.29 is 5.11 Å². The molecule has 1 N–H and O–H groups in total. The van der Waals surface area contributed by atoms with E-state index in [9.17, 15) is 5.11 Å². The fourth-order valence-corrected chi connectivity index (χ4v) is 3.80. The first-order valence-electron chi connectivity index (χ1n) is 8.97. The Morgan fingerprint density at radius 1 is 0.875 bits per heavy atom. The van der Waals surface area contributed by atoms with Crippen molar-refractivity contribution in [3.8, 4) is 0 Å². The summed E-state index contributed by atoms with van der Waals surface area (Å²) in [6.07, 6.45) is 7.91. The molecular formula is C22H27NO. The third-order valence-corrected chi connectivity index (χ3v) is 5.01. The van der Waals surface area contributed by atoms with Gasteiger partial charge >= 0.3 is 0 Å². The number of rotatable bonds is 5. The first kappa shape index (κ1) is 16.9. The number of hydrogen-bond acceptors (Lipinski definition) is 2. The van der Waals surface area contributed by atoms with Crippen molar-refractivity contribution in [1.82, 2.24) is 4.90 Å². The normalized spacial score (nSPS) is 17.9. The van der Waals surface area contributed by atoms with E-state index in [0.29, 0.717) is 0 Å². The zero-order valence-electron chi connectivity index (χ0n) is 14.4. The molecule has 1 aliphatic rings. The Labute approximate surface area is 145 Å². The van der Waals surface area contributed by atoms with Crippen molar-refractivity contribution in [3.63, 3.8) is 0 Å². The van der Waals surface area contributed by atoms with Crippen LogP contribution in [0.5, 0.6) is 0 Å². The minimum Gasteiger partial charge on any atom is -0.378 e. The van der Waals surface area contributed by atoms with Gasteiger partial charge in [0.25, 0.3) is 0 Å². The average molecular weight is 321 g/mol. The molecule has 2 nitrogen and oxygen atoms in total. The standard InChI is InChI=1S/C22H27NO/c1-2-12-21(23-17-10-5-11-18-23)22(24,19-13-6-3-7-14-19)20-15-8-4-9-16-20/h2-4,6-9,12-16,21,24H,5,10-11,17-18H2,1H3/b12-2-. The van der Waals surface area contributed by atoms with Gasteiger partial charge in [-0.25, -0.2) is 0 Å². The van der Waals surface area contributed by atoms with Crippen LogP contribution in [0.1, 0.15) is 37.3 Å². The number of likely N-dealkylation sites (tertiary alicyclic amines) is 1. The van der Waals surface area contributed by atoms with Crippen LogP contribution in [0.2, 0.25) is 0 Å². The van der Waals surface area contributed by atoms with Crippen LogP contribution in [0, 0.1) is 0 Å². The Kier molecular flexibility index (Phi) is 5.49. The van der Waals surface area contributed by atoms with E-state index in [1.54, 1.807) is 0 Å². The van der Waals surface area contributed by atoms with Gasteiger partial charge in [0.15, 0.2) is 0 Å².